The molecule has 6 heteroatoms. The summed E-state index contributed by atoms with van der Waals surface area (Å²) in [5.74, 6) is 1.06. The lowest BCUT2D eigenvalue weighted by Crippen LogP contribution is -2.26. The summed E-state index contributed by atoms with van der Waals surface area (Å²) >= 11 is 0. The minimum atomic E-state index is -0.255. The third-order valence-corrected chi connectivity index (χ3v) is 3.47. The van der Waals surface area contributed by atoms with Gasteiger partial charge in [0.15, 0.2) is 0 Å². The number of nitrogens with zero attached hydrogens (tertiary/aromatic N) is 3. The minimum Gasteiger partial charge on any atom is -0.497 e. The molecule has 0 fully saturated rings. The normalized spacial score (nSPS) is 10.3. The van der Waals surface area contributed by atoms with Crippen LogP contribution in [0.25, 0.3) is 0 Å². The van der Waals surface area contributed by atoms with E-state index in [9.17, 15) is 4.79 Å². The van der Waals surface area contributed by atoms with Gasteiger partial charge in [0.05, 0.1) is 7.11 Å². The van der Waals surface area contributed by atoms with Crippen molar-refractivity contribution in [3.05, 3.63) is 41.7 Å². The van der Waals surface area contributed by atoms with Crippen molar-refractivity contribution in [2.45, 2.75) is 20.8 Å². The lowest BCUT2D eigenvalue weighted by Gasteiger charge is -2.19. The van der Waals surface area contributed by atoms with Gasteiger partial charge < -0.3 is 15.0 Å². The van der Waals surface area contributed by atoms with Gasteiger partial charge in [0.25, 0.3) is 5.91 Å². The van der Waals surface area contributed by atoms with Gasteiger partial charge in [0, 0.05) is 24.5 Å². The second-order valence-electron chi connectivity index (χ2n) is 5.05. The summed E-state index contributed by atoms with van der Waals surface area (Å²) in [7, 11) is 1.60. The number of hydrogen-bond donors (Lipinski definition) is 1. The van der Waals surface area contributed by atoms with E-state index < -0.39 is 0 Å². The fraction of sp³-hybridized carbons (Fsp3) is 0.353. The number of ether oxygens (including phenoxy) is 1. The van der Waals surface area contributed by atoms with E-state index in [2.05, 4.69) is 15.3 Å². The summed E-state index contributed by atoms with van der Waals surface area (Å²) in [5.41, 5.74) is 1.81. The topological polar surface area (TPSA) is 67.4 Å². The molecule has 0 aliphatic heterocycles. The molecule has 23 heavy (non-hydrogen) atoms. The molecule has 0 aliphatic carbocycles. The molecule has 0 radical (unpaired) electrons. The molecule has 0 atom stereocenters. The fourth-order valence-electron chi connectivity index (χ4n) is 2.19. The number of hydrogen-bond acceptors (Lipinski definition) is 5. The van der Waals surface area contributed by atoms with Crippen molar-refractivity contribution in [3.8, 4) is 5.75 Å². The summed E-state index contributed by atoms with van der Waals surface area (Å²) in [6.07, 6.45) is 0. The van der Waals surface area contributed by atoms with Crippen molar-refractivity contribution in [2.24, 2.45) is 0 Å². The van der Waals surface area contributed by atoms with E-state index in [1.807, 2.05) is 25.7 Å². The number of methoxy groups -OCH3 is 1. The molecule has 1 aromatic carbocycles. The van der Waals surface area contributed by atoms with Crippen LogP contribution in [0.3, 0.4) is 0 Å². The minimum absolute atomic E-state index is 0.255. The molecule has 0 unspecified atom stereocenters. The van der Waals surface area contributed by atoms with Crippen molar-refractivity contribution < 1.29 is 9.53 Å². The van der Waals surface area contributed by atoms with Gasteiger partial charge in [-0.15, -0.1) is 0 Å². The van der Waals surface area contributed by atoms with Crippen LogP contribution in [0.1, 0.15) is 30.0 Å². The summed E-state index contributed by atoms with van der Waals surface area (Å²) in [4.78, 5) is 23.2. The predicted octanol–water partition coefficient (Wildman–Crippen LogP) is 2.89. The van der Waals surface area contributed by atoms with Crippen LogP contribution in [-0.2, 0) is 0 Å². The highest BCUT2D eigenvalue weighted by atomic mass is 16.5. The Balaban J connectivity index is 2.20. The van der Waals surface area contributed by atoms with Crippen LogP contribution in [0.5, 0.6) is 5.75 Å². The Morgan fingerprint density at radius 1 is 1.17 bits per heavy atom. The average molecular weight is 314 g/mol. The number of benzene rings is 1. The van der Waals surface area contributed by atoms with Gasteiger partial charge in [0.2, 0.25) is 5.95 Å². The smallest absolute Gasteiger partial charge is 0.274 e. The monoisotopic (exact) mass is 314 g/mol. The fourth-order valence-corrected chi connectivity index (χ4v) is 2.19. The summed E-state index contributed by atoms with van der Waals surface area (Å²) in [6, 6.07) is 8.85. The SMILES string of the molecule is CCN(CC)c1nc(C)cc(C(=O)Nc2ccc(OC)cc2)n1. The van der Waals surface area contributed by atoms with E-state index >= 15 is 0 Å². The van der Waals surface area contributed by atoms with Gasteiger partial charge in [-0.25, -0.2) is 9.97 Å². The van der Waals surface area contributed by atoms with E-state index in [1.54, 1.807) is 37.4 Å². The molecule has 1 heterocycles. The molecule has 0 saturated heterocycles. The lowest BCUT2D eigenvalue weighted by atomic mass is 10.2. The van der Waals surface area contributed by atoms with Crippen molar-refractivity contribution in [1.82, 2.24) is 9.97 Å². The van der Waals surface area contributed by atoms with Gasteiger partial charge in [-0.05, 0) is 51.1 Å². The van der Waals surface area contributed by atoms with Crippen molar-refractivity contribution in [3.63, 3.8) is 0 Å². The number of aromatic nitrogens is 2. The first-order chi connectivity index (χ1) is 11.1. The second kappa shape index (κ2) is 7.58. The van der Waals surface area contributed by atoms with Crippen LogP contribution in [0, 0.1) is 6.92 Å². The zero-order valence-corrected chi connectivity index (χ0v) is 14.0. The predicted molar refractivity (Wildman–Crippen MR) is 91.3 cm³/mol. The second-order valence-corrected chi connectivity index (χ2v) is 5.05. The zero-order valence-electron chi connectivity index (χ0n) is 14.0. The van der Waals surface area contributed by atoms with Crippen LogP contribution < -0.4 is 15.0 Å². The Morgan fingerprint density at radius 2 is 1.83 bits per heavy atom. The van der Waals surface area contributed by atoms with E-state index in [4.69, 9.17) is 4.74 Å². The van der Waals surface area contributed by atoms with E-state index in [0.717, 1.165) is 24.5 Å². The summed E-state index contributed by atoms with van der Waals surface area (Å²) < 4.78 is 5.10. The first kappa shape index (κ1) is 16.7. The maximum absolute atomic E-state index is 12.4. The molecule has 0 bridgehead atoms. The maximum Gasteiger partial charge on any atom is 0.274 e. The quantitative estimate of drug-likeness (QED) is 0.888. The number of carbonyl (C=O) groups is 1. The average Bonchev–Trinajstić information content (AvgIpc) is 2.56. The van der Waals surface area contributed by atoms with Gasteiger partial charge >= 0.3 is 0 Å². The van der Waals surface area contributed by atoms with Crippen LogP contribution in [0.4, 0.5) is 11.6 Å². The summed E-state index contributed by atoms with van der Waals surface area (Å²) in [5, 5.41) is 2.84. The van der Waals surface area contributed by atoms with E-state index in [-0.39, 0.29) is 5.91 Å². The Morgan fingerprint density at radius 3 is 2.39 bits per heavy atom. The molecule has 122 valence electrons. The number of nitrogens with one attached hydrogen (secondary N) is 1. The number of carbonyl (C=O) groups excluding carboxylic acids is 1. The number of anilines is 2. The highest BCUT2D eigenvalue weighted by molar-refractivity contribution is 6.03. The Kier molecular flexibility index (Phi) is 5.51. The molecule has 6 nitrogen and oxygen atoms in total. The molecule has 2 rings (SSSR count). The van der Waals surface area contributed by atoms with Gasteiger partial charge in [0.1, 0.15) is 11.4 Å². The third kappa shape index (κ3) is 4.18. The first-order valence-corrected chi connectivity index (χ1v) is 7.63. The molecule has 2 aromatic rings. The van der Waals surface area contributed by atoms with Crippen molar-refractivity contribution in [2.75, 3.05) is 30.4 Å². The number of aryl methyl sites for hydroxylation is 1. The van der Waals surface area contributed by atoms with E-state index in [1.165, 1.54) is 0 Å². The molecule has 0 saturated carbocycles. The van der Waals surface area contributed by atoms with Crippen LogP contribution in [0.15, 0.2) is 30.3 Å². The largest absolute Gasteiger partial charge is 0.497 e. The van der Waals surface area contributed by atoms with Crippen molar-refractivity contribution in [1.29, 1.82) is 0 Å². The Labute approximate surface area is 136 Å². The molecular formula is C17H22N4O2. The maximum atomic E-state index is 12.4. The molecule has 0 aliphatic rings. The number of amides is 1. The summed E-state index contributed by atoms with van der Waals surface area (Å²) in [6.45, 7) is 7.51. The highest BCUT2D eigenvalue weighted by Crippen LogP contribution is 2.16. The van der Waals surface area contributed by atoms with E-state index in [0.29, 0.717) is 17.3 Å². The Bertz CT molecular complexity index is 667. The molecular weight excluding hydrogens is 292 g/mol. The van der Waals surface area contributed by atoms with Crippen LogP contribution in [-0.4, -0.2) is 36.1 Å². The van der Waals surface area contributed by atoms with Crippen LogP contribution >= 0.6 is 0 Å². The van der Waals surface area contributed by atoms with Crippen LogP contribution in [0.2, 0.25) is 0 Å². The lowest BCUT2D eigenvalue weighted by molar-refractivity contribution is 0.102. The number of rotatable bonds is 6. The zero-order chi connectivity index (χ0) is 16.8. The third-order valence-electron chi connectivity index (χ3n) is 3.47. The first-order valence-electron chi connectivity index (χ1n) is 7.63. The molecule has 1 N–H and O–H groups in total. The van der Waals surface area contributed by atoms with Crippen molar-refractivity contribution >= 4 is 17.5 Å². The van der Waals surface area contributed by atoms with Gasteiger partial charge in [-0.2, -0.15) is 0 Å². The molecule has 1 aromatic heterocycles. The van der Waals surface area contributed by atoms with Gasteiger partial charge in [-0.1, -0.05) is 0 Å². The molecule has 0 spiro atoms. The standard InChI is InChI=1S/C17H22N4O2/c1-5-21(6-2)17-18-12(3)11-15(20-17)16(22)19-13-7-9-14(23-4)10-8-13/h7-11H,5-6H2,1-4H3,(H,19,22). The van der Waals surface area contributed by atoms with Gasteiger partial charge in [-0.3, -0.25) is 4.79 Å². The highest BCUT2D eigenvalue weighted by Gasteiger charge is 2.13. The molecule has 1 amide bonds. The Hall–Kier alpha value is -2.63.